The van der Waals surface area contributed by atoms with Crippen molar-refractivity contribution < 1.29 is 4.42 Å². The van der Waals surface area contributed by atoms with Crippen molar-refractivity contribution in [2.75, 3.05) is 19.6 Å². The van der Waals surface area contributed by atoms with Crippen LogP contribution in [-0.4, -0.2) is 35.1 Å². The second kappa shape index (κ2) is 7.48. The van der Waals surface area contributed by atoms with E-state index in [0.717, 1.165) is 31.6 Å². The summed E-state index contributed by atoms with van der Waals surface area (Å²) in [5.41, 5.74) is 10.3. The third-order valence-corrected chi connectivity index (χ3v) is 6.21. The van der Waals surface area contributed by atoms with Crippen LogP contribution in [-0.2, 0) is 6.54 Å². The molecule has 2 aliphatic rings. The maximum Gasteiger partial charge on any atom is 0.419 e. The van der Waals surface area contributed by atoms with Crippen LogP contribution in [0.3, 0.4) is 0 Å². The molecule has 5 rings (SSSR count). The molecular weight excluding hydrogens is 366 g/mol. The van der Waals surface area contributed by atoms with Crippen molar-refractivity contribution in [2.45, 2.75) is 25.0 Å². The molecule has 3 heterocycles. The molecule has 0 saturated carbocycles. The first-order chi connectivity index (χ1) is 14.2. The lowest BCUT2D eigenvalue weighted by Crippen LogP contribution is -2.46. The van der Waals surface area contributed by atoms with Crippen molar-refractivity contribution in [3.05, 3.63) is 70.2 Å². The Bertz CT molecular complexity index is 1110. The zero-order valence-electron chi connectivity index (χ0n) is 16.0. The summed E-state index contributed by atoms with van der Waals surface area (Å²) in [7, 11) is 0. The minimum atomic E-state index is -0.291. The first-order valence-corrected chi connectivity index (χ1v) is 10.0. The van der Waals surface area contributed by atoms with Gasteiger partial charge in [0.1, 0.15) is 0 Å². The van der Waals surface area contributed by atoms with Gasteiger partial charge in [-0.3, -0.25) is 9.99 Å². The lowest BCUT2D eigenvalue weighted by Gasteiger charge is -2.36. The number of aromatic nitrogens is 1. The van der Waals surface area contributed by atoms with Gasteiger partial charge in [0, 0.05) is 31.6 Å². The summed E-state index contributed by atoms with van der Waals surface area (Å²) in [5, 5.41) is 9.02. The number of likely N-dealkylation sites (tertiary alicyclic amines) is 1. The molecule has 3 unspecified atom stereocenters. The number of oxazole rings is 1. The average Bonchev–Trinajstić information content (AvgIpc) is 3.32. The summed E-state index contributed by atoms with van der Waals surface area (Å²) < 4.78 is 7.07. The number of hydrogen-bond donors (Lipinski definition) is 2. The van der Waals surface area contributed by atoms with Gasteiger partial charge in [-0.1, -0.05) is 24.3 Å². The minimum Gasteiger partial charge on any atom is -0.408 e. The Morgan fingerprint density at radius 1 is 1.10 bits per heavy atom. The first-order valence-electron chi connectivity index (χ1n) is 10.0. The van der Waals surface area contributed by atoms with E-state index in [1.807, 2.05) is 48.5 Å². The van der Waals surface area contributed by atoms with Gasteiger partial charge in [0.2, 0.25) is 0 Å². The molecule has 0 radical (unpaired) electrons. The lowest BCUT2D eigenvalue weighted by molar-refractivity contribution is 0.150. The van der Waals surface area contributed by atoms with E-state index in [1.165, 1.54) is 5.56 Å². The average molecular weight is 389 g/mol. The summed E-state index contributed by atoms with van der Waals surface area (Å²) in [4.78, 5) is 14.6. The SMILES string of the molecule is N#Cc1ccc(C2NNC3CCN(CCn4c(=O)oc5ccccc54)CC32)cc1. The number of para-hydroxylation sites is 2. The molecule has 7 heteroatoms. The quantitative estimate of drug-likeness (QED) is 0.710. The maximum absolute atomic E-state index is 12.2. The molecule has 0 bridgehead atoms. The van der Waals surface area contributed by atoms with Crippen LogP contribution in [0.5, 0.6) is 0 Å². The van der Waals surface area contributed by atoms with Gasteiger partial charge < -0.3 is 9.32 Å². The monoisotopic (exact) mass is 389 g/mol. The van der Waals surface area contributed by atoms with Crippen molar-refractivity contribution in [3.8, 4) is 6.07 Å². The van der Waals surface area contributed by atoms with Gasteiger partial charge in [-0.25, -0.2) is 10.2 Å². The van der Waals surface area contributed by atoms with E-state index in [-0.39, 0.29) is 11.8 Å². The first kappa shape index (κ1) is 18.1. The van der Waals surface area contributed by atoms with Crippen LogP contribution in [0.25, 0.3) is 11.1 Å². The van der Waals surface area contributed by atoms with Crippen molar-refractivity contribution >= 4 is 11.1 Å². The van der Waals surface area contributed by atoms with E-state index in [4.69, 9.17) is 9.68 Å². The van der Waals surface area contributed by atoms with E-state index in [9.17, 15) is 4.79 Å². The van der Waals surface area contributed by atoms with Crippen LogP contribution < -0.4 is 16.6 Å². The molecule has 1 aromatic heterocycles. The zero-order chi connectivity index (χ0) is 19.8. The molecule has 3 atom stereocenters. The number of nitrogens with one attached hydrogen (secondary N) is 2. The third-order valence-electron chi connectivity index (χ3n) is 6.21. The van der Waals surface area contributed by atoms with Gasteiger partial charge in [0.15, 0.2) is 5.58 Å². The summed E-state index contributed by atoms with van der Waals surface area (Å²) in [5.74, 6) is 0.148. The van der Waals surface area contributed by atoms with Crippen LogP contribution >= 0.6 is 0 Å². The molecule has 148 valence electrons. The predicted molar refractivity (Wildman–Crippen MR) is 109 cm³/mol. The van der Waals surface area contributed by atoms with Crippen LogP contribution in [0.1, 0.15) is 23.6 Å². The fraction of sp³-hybridized carbons (Fsp3) is 0.364. The number of hydrazine groups is 1. The second-order valence-corrected chi connectivity index (χ2v) is 7.85. The van der Waals surface area contributed by atoms with Gasteiger partial charge in [-0.2, -0.15) is 5.26 Å². The lowest BCUT2D eigenvalue weighted by atomic mass is 9.85. The van der Waals surface area contributed by atoms with Crippen molar-refractivity contribution in [1.29, 1.82) is 5.26 Å². The molecule has 2 aliphatic heterocycles. The van der Waals surface area contributed by atoms with Gasteiger partial charge in [-0.15, -0.1) is 0 Å². The topological polar surface area (TPSA) is 86.2 Å². The molecule has 0 amide bonds. The number of piperidine rings is 1. The normalized spacial score (nSPS) is 24.4. The Hall–Kier alpha value is -2.92. The predicted octanol–water partition coefficient (Wildman–Crippen LogP) is 2.01. The number of hydrogen-bond acceptors (Lipinski definition) is 6. The van der Waals surface area contributed by atoms with E-state index in [1.54, 1.807) is 4.57 Å². The smallest absolute Gasteiger partial charge is 0.408 e. The number of rotatable bonds is 4. The molecule has 7 nitrogen and oxygen atoms in total. The fourth-order valence-electron chi connectivity index (χ4n) is 4.64. The van der Waals surface area contributed by atoms with Gasteiger partial charge in [0.05, 0.1) is 23.2 Å². The Morgan fingerprint density at radius 3 is 2.76 bits per heavy atom. The van der Waals surface area contributed by atoms with Gasteiger partial charge in [0.25, 0.3) is 0 Å². The molecule has 0 spiro atoms. The van der Waals surface area contributed by atoms with Gasteiger partial charge >= 0.3 is 5.76 Å². The Labute approximate surface area is 168 Å². The number of fused-ring (bicyclic) bond motifs is 2. The highest BCUT2D eigenvalue weighted by atomic mass is 16.4. The fourth-order valence-corrected chi connectivity index (χ4v) is 4.64. The molecule has 2 fully saturated rings. The molecular formula is C22H23N5O2. The third kappa shape index (κ3) is 3.36. The zero-order valence-corrected chi connectivity index (χ0v) is 16.0. The van der Waals surface area contributed by atoms with Crippen LogP contribution in [0.2, 0.25) is 0 Å². The van der Waals surface area contributed by atoms with E-state index >= 15 is 0 Å². The second-order valence-electron chi connectivity index (χ2n) is 7.85. The molecule has 2 N–H and O–H groups in total. The Kier molecular flexibility index (Phi) is 4.68. The van der Waals surface area contributed by atoms with E-state index in [2.05, 4.69) is 21.8 Å². The highest BCUT2D eigenvalue weighted by molar-refractivity contribution is 5.72. The summed E-state index contributed by atoms with van der Waals surface area (Å²) >= 11 is 0. The van der Waals surface area contributed by atoms with Crippen molar-refractivity contribution in [2.24, 2.45) is 5.92 Å². The summed E-state index contributed by atoms with van der Waals surface area (Å²) in [6.07, 6.45) is 1.06. The molecule has 29 heavy (non-hydrogen) atoms. The van der Waals surface area contributed by atoms with E-state index < -0.39 is 0 Å². The number of nitriles is 1. The Balaban J connectivity index is 1.29. The van der Waals surface area contributed by atoms with E-state index in [0.29, 0.717) is 29.7 Å². The molecule has 0 aliphatic carbocycles. The molecule has 2 saturated heterocycles. The van der Waals surface area contributed by atoms with Crippen LogP contribution in [0.4, 0.5) is 0 Å². The van der Waals surface area contributed by atoms with Crippen molar-refractivity contribution in [3.63, 3.8) is 0 Å². The number of benzene rings is 2. The van der Waals surface area contributed by atoms with Crippen LogP contribution in [0.15, 0.2) is 57.7 Å². The standard InChI is InChI=1S/C22H23N5O2/c23-13-15-5-7-16(8-6-15)21-17-14-26(10-9-18(17)24-25-21)11-12-27-19-3-1-2-4-20(19)29-22(27)28/h1-8,17-18,21,24-25H,9-12,14H2. The number of nitrogens with zero attached hydrogens (tertiary/aromatic N) is 3. The highest BCUT2D eigenvalue weighted by Gasteiger charge is 2.40. The summed E-state index contributed by atoms with van der Waals surface area (Å²) in [6.45, 7) is 3.39. The maximum atomic E-state index is 12.2. The largest absolute Gasteiger partial charge is 0.419 e. The highest BCUT2D eigenvalue weighted by Crippen LogP contribution is 2.33. The molecule has 2 aromatic carbocycles. The van der Waals surface area contributed by atoms with Crippen LogP contribution in [0, 0.1) is 17.2 Å². The minimum absolute atomic E-state index is 0.216. The summed E-state index contributed by atoms with van der Waals surface area (Å²) in [6, 6.07) is 18.2. The Morgan fingerprint density at radius 2 is 1.93 bits per heavy atom. The van der Waals surface area contributed by atoms with Crippen molar-refractivity contribution in [1.82, 2.24) is 20.3 Å². The van der Waals surface area contributed by atoms with Gasteiger partial charge in [-0.05, 0) is 42.8 Å². The molecule has 3 aromatic rings.